The predicted octanol–water partition coefficient (Wildman–Crippen LogP) is 4.53. The Kier molecular flexibility index (Phi) is 4.56. The molecule has 1 aliphatic carbocycles. The van der Waals surface area contributed by atoms with Crippen LogP contribution >= 0.6 is 15.9 Å². The molecule has 0 radical (unpaired) electrons. The number of rotatable bonds is 5. The summed E-state index contributed by atoms with van der Waals surface area (Å²) in [5, 5.41) is 20.4. The number of fused-ring (bicyclic) bond motifs is 1. The molecule has 1 N–H and O–H groups in total. The number of hydrogen-bond donors (Lipinski definition) is 1. The molecule has 3 nitrogen and oxygen atoms in total. The number of hydrogen-bond acceptors (Lipinski definition) is 2. The summed E-state index contributed by atoms with van der Waals surface area (Å²) >= 11 is 3.58. The maximum Gasteiger partial charge on any atom is 0.0994 e. The van der Waals surface area contributed by atoms with Crippen LogP contribution in [0.5, 0.6) is 0 Å². The molecular weight excluding hydrogens is 340 g/mol. The lowest BCUT2D eigenvalue weighted by atomic mass is 9.81. The molecule has 1 unspecified atom stereocenters. The summed E-state index contributed by atoms with van der Waals surface area (Å²) in [4.78, 5) is 0. The molecule has 0 saturated heterocycles. The average molecular weight is 361 g/mol. The lowest BCUT2D eigenvalue weighted by Crippen LogP contribution is -2.20. The number of halogens is 1. The second-order valence-corrected chi connectivity index (χ2v) is 7.30. The monoisotopic (exact) mass is 360 g/mol. The summed E-state index contributed by atoms with van der Waals surface area (Å²) in [7, 11) is 0. The van der Waals surface area contributed by atoms with Crippen LogP contribution in [0.15, 0.2) is 22.8 Å². The van der Waals surface area contributed by atoms with Gasteiger partial charge in [-0.15, -0.1) is 0 Å². The minimum absolute atomic E-state index is 0.207. The first-order chi connectivity index (χ1) is 10.6. The number of nitrogens with zero attached hydrogens (tertiary/aromatic N) is 2. The summed E-state index contributed by atoms with van der Waals surface area (Å²) in [6, 6.07) is 6.25. The number of nitriles is 1. The van der Waals surface area contributed by atoms with Crippen LogP contribution in [-0.2, 0) is 6.54 Å². The first kappa shape index (κ1) is 15.6. The van der Waals surface area contributed by atoms with E-state index in [1.807, 2.05) is 13.0 Å². The molecular formula is C18H21BrN2O. The lowest BCUT2D eigenvalue weighted by molar-refractivity contribution is 0.106. The van der Waals surface area contributed by atoms with Gasteiger partial charge in [-0.1, -0.05) is 19.3 Å². The smallest absolute Gasteiger partial charge is 0.0994 e. The maximum atomic E-state index is 10.2. The van der Waals surface area contributed by atoms with Crippen LogP contribution in [0.1, 0.15) is 43.2 Å². The Balaban J connectivity index is 1.76. The first-order valence-electron chi connectivity index (χ1n) is 7.95. The summed E-state index contributed by atoms with van der Waals surface area (Å²) in [6.07, 6.45) is 7.47. The van der Waals surface area contributed by atoms with E-state index >= 15 is 0 Å². The molecule has 1 aromatic heterocycles. The largest absolute Gasteiger partial charge is 0.393 e. The molecule has 1 fully saturated rings. The van der Waals surface area contributed by atoms with Crippen molar-refractivity contribution in [3.63, 3.8) is 0 Å². The summed E-state index contributed by atoms with van der Waals surface area (Å²) in [6.45, 7) is 2.77. The summed E-state index contributed by atoms with van der Waals surface area (Å²) in [5.74, 6) is 0.739. The van der Waals surface area contributed by atoms with E-state index in [2.05, 4.69) is 38.8 Å². The quantitative estimate of drug-likeness (QED) is 0.851. The van der Waals surface area contributed by atoms with Gasteiger partial charge in [-0.2, -0.15) is 5.26 Å². The Morgan fingerprint density at radius 1 is 1.45 bits per heavy atom. The van der Waals surface area contributed by atoms with Gasteiger partial charge in [-0.25, -0.2) is 0 Å². The van der Waals surface area contributed by atoms with E-state index in [0.29, 0.717) is 0 Å². The number of benzene rings is 1. The van der Waals surface area contributed by atoms with E-state index in [1.54, 1.807) is 0 Å². The van der Waals surface area contributed by atoms with Crippen LogP contribution in [0.25, 0.3) is 10.9 Å². The Bertz CT molecular complexity index is 725. The van der Waals surface area contributed by atoms with Crippen molar-refractivity contribution in [3.8, 4) is 6.07 Å². The van der Waals surface area contributed by atoms with Crippen molar-refractivity contribution in [3.05, 3.63) is 33.9 Å². The molecule has 1 heterocycles. The van der Waals surface area contributed by atoms with E-state index in [-0.39, 0.29) is 6.10 Å². The zero-order valence-electron chi connectivity index (χ0n) is 12.8. The number of aryl methyl sites for hydroxylation is 2. The van der Waals surface area contributed by atoms with Crippen LogP contribution < -0.4 is 0 Å². The molecule has 22 heavy (non-hydrogen) atoms. The fourth-order valence-electron chi connectivity index (χ4n) is 3.22. The second-order valence-electron chi connectivity index (χ2n) is 6.44. The van der Waals surface area contributed by atoms with Crippen molar-refractivity contribution in [2.24, 2.45) is 5.92 Å². The number of aliphatic hydroxyl groups excluding tert-OH is 1. The van der Waals surface area contributed by atoms with Crippen LogP contribution in [0, 0.1) is 24.2 Å². The highest BCUT2D eigenvalue weighted by atomic mass is 79.9. The van der Waals surface area contributed by atoms with Crippen molar-refractivity contribution in [2.45, 2.75) is 51.7 Å². The van der Waals surface area contributed by atoms with E-state index in [4.69, 9.17) is 5.26 Å². The number of aromatic nitrogens is 1. The molecule has 0 amide bonds. The van der Waals surface area contributed by atoms with Gasteiger partial charge >= 0.3 is 0 Å². The van der Waals surface area contributed by atoms with Crippen LogP contribution in [0.4, 0.5) is 0 Å². The zero-order valence-corrected chi connectivity index (χ0v) is 14.4. The third-order valence-electron chi connectivity index (χ3n) is 4.83. The zero-order chi connectivity index (χ0) is 15.7. The lowest BCUT2D eigenvalue weighted by Gasteiger charge is -2.27. The molecule has 4 heteroatoms. The molecule has 116 valence electrons. The van der Waals surface area contributed by atoms with Crippen molar-refractivity contribution >= 4 is 26.8 Å². The van der Waals surface area contributed by atoms with E-state index in [0.717, 1.165) is 51.8 Å². The van der Waals surface area contributed by atoms with Crippen molar-refractivity contribution in [1.29, 1.82) is 5.26 Å². The second kappa shape index (κ2) is 6.44. The Labute approximate surface area is 139 Å². The predicted molar refractivity (Wildman–Crippen MR) is 91.7 cm³/mol. The van der Waals surface area contributed by atoms with Gasteiger partial charge in [-0.3, -0.25) is 0 Å². The minimum Gasteiger partial charge on any atom is -0.393 e. The third kappa shape index (κ3) is 3.06. The van der Waals surface area contributed by atoms with Crippen molar-refractivity contribution in [1.82, 2.24) is 4.57 Å². The maximum absolute atomic E-state index is 10.2. The fourth-order valence-corrected chi connectivity index (χ4v) is 3.79. The van der Waals surface area contributed by atoms with Crippen LogP contribution in [0.2, 0.25) is 0 Å². The standard InChI is InChI=1S/C18H21BrN2O/c1-12-7-18-16(9-14(12)10-20)17(19)11-21(18)6-5-15(22)8-13-3-2-4-13/h7,9,11,13,15,22H,2-6,8H2,1H3. The third-order valence-corrected chi connectivity index (χ3v) is 5.46. The Hall–Kier alpha value is -1.31. The highest BCUT2D eigenvalue weighted by Crippen LogP contribution is 2.32. The van der Waals surface area contributed by atoms with E-state index < -0.39 is 0 Å². The molecule has 3 rings (SSSR count). The fraction of sp³-hybridized carbons (Fsp3) is 0.500. The van der Waals surface area contributed by atoms with Gasteiger partial charge in [0.25, 0.3) is 0 Å². The van der Waals surface area contributed by atoms with Crippen LogP contribution in [0.3, 0.4) is 0 Å². The SMILES string of the molecule is Cc1cc2c(cc1C#N)c(Br)cn2CCC(O)CC1CCC1. The van der Waals surface area contributed by atoms with E-state index in [1.165, 1.54) is 19.3 Å². The van der Waals surface area contributed by atoms with Gasteiger partial charge in [-0.05, 0) is 59.3 Å². The molecule has 2 aromatic rings. The minimum atomic E-state index is -0.207. The highest BCUT2D eigenvalue weighted by molar-refractivity contribution is 9.10. The summed E-state index contributed by atoms with van der Waals surface area (Å²) < 4.78 is 3.19. The Morgan fingerprint density at radius 2 is 2.23 bits per heavy atom. The molecule has 1 aliphatic rings. The normalized spacial score (nSPS) is 16.5. The topological polar surface area (TPSA) is 49.0 Å². The number of aliphatic hydroxyl groups is 1. The van der Waals surface area contributed by atoms with Crippen molar-refractivity contribution < 1.29 is 5.11 Å². The van der Waals surface area contributed by atoms with Gasteiger partial charge in [0.2, 0.25) is 0 Å². The first-order valence-corrected chi connectivity index (χ1v) is 8.75. The molecule has 1 aromatic carbocycles. The molecule has 0 aliphatic heterocycles. The molecule has 0 bridgehead atoms. The van der Waals surface area contributed by atoms with Gasteiger partial charge < -0.3 is 9.67 Å². The van der Waals surface area contributed by atoms with Crippen molar-refractivity contribution in [2.75, 3.05) is 0 Å². The molecule has 1 atom stereocenters. The van der Waals surface area contributed by atoms with Gasteiger partial charge in [0, 0.05) is 28.1 Å². The van der Waals surface area contributed by atoms with Gasteiger partial charge in [0.1, 0.15) is 0 Å². The van der Waals surface area contributed by atoms with Gasteiger partial charge in [0.05, 0.1) is 17.7 Å². The summed E-state index contributed by atoms with van der Waals surface area (Å²) in [5.41, 5.74) is 2.84. The molecule has 1 saturated carbocycles. The molecule has 0 spiro atoms. The van der Waals surface area contributed by atoms with Crippen LogP contribution in [-0.4, -0.2) is 15.8 Å². The Morgan fingerprint density at radius 3 is 2.86 bits per heavy atom. The average Bonchev–Trinajstić information content (AvgIpc) is 2.75. The van der Waals surface area contributed by atoms with Gasteiger partial charge in [0.15, 0.2) is 0 Å². The highest BCUT2D eigenvalue weighted by Gasteiger charge is 2.21. The van der Waals surface area contributed by atoms with E-state index in [9.17, 15) is 5.11 Å².